The molecule has 0 saturated heterocycles. The molecule has 0 amide bonds. The number of hydrogen-bond donors (Lipinski definition) is 2. The van der Waals surface area contributed by atoms with Gasteiger partial charge in [0.05, 0.1) is 39.5 Å². The van der Waals surface area contributed by atoms with Gasteiger partial charge >= 0.3 is 0 Å². The summed E-state index contributed by atoms with van der Waals surface area (Å²) >= 11 is 21.0. The SMILES string of the molecule is S=C(Nc1cnn(Cc2ccccc2)c1)Nc1nn(Cc2ccc(Cl)c(Cl)c2)cc1Br. The highest BCUT2D eigenvalue weighted by Crippen LogP contribution is 2.25. The van der Waals surface area contributed by atoms with Crippen molar-refractivity contribution in [3.8, 4) is 0 Å². The van der Waals surface area contributed by atoms with Crippen molar-refractivity contribution in [3.05, 3.63) is 92.8 Å². The summed E-state index contributed by atoms with van der Waals surface area (Å²) in [6.45, 7) is 1.23. The highest BCUT2D eigenvalue weighted by atomic mass is 79.9. The fourth-order valence-electron chi connectivity index (χ4n) is 2.94. The maximum atomic E-state index is 6.09. The third-order valence-corrected chi connectivity index (χ3v) is 5.88. The smallest absolute Gasteiger partial charge is 0.176 e. The van der Waals surface area contributed by atoms with Crippen molar-refractivity contribution in [1.29, 1.82) is 0 Å². The van der Waals surface area contributed by atoms with Gasteiger partial charge in [0, 0.05) is 12.4 Å². The summed E-state index contributed by atoms with van der Waals surface area (Å²) in [6, 6.07) is 15.6. The Morgan fingerprint density at radius 1 is 0.935 bits per heavy atom. The van der Waals surface area contributed by atoms with Gasteiger partial charge in [0.2, 0.25) is 0 Å². The normalized spacial score (nSPS) is 10.8. The molecule has 0 atom stereocenters. The molecular formula is C21H17BrCl2N6S. The van der Waals surface area contributed by atoms with E-state index < -0.39 is 0 Å². The predicted molar refractivity (Wildman–Crippen MR) is 133 cm³/mol. The zero-order valence-corrected chi connectivity index (χ0v) is 20.0. The summed E-state index contributed by atoms with van der Waals surface area (Å²) in [7, 11) is 0. The largest absolute Gasteiger partial charge is 0.330 e. The monoisotopic (exact) mass is 534 g/mol. The Hall–Kier alpha value is -2.39. The van der Waals surface area contributed by atoms with E-state index in [1.165, 1.54) is 5.56 Å². The first-order valence-corrected chi connectivity index (χ1v) is 11.2. The fourth-order valence-corrected chi connectivity index (χ4v) is 3.89. The molecular weight excluding hydrogens is 519 g/mol. The van der Waals surface area contributed by atoms with Crippen LogP contribution in [0.2, 0.25) is 10.0 Å². The molecule has 0 aliphatic rings. The number of anilines is 2. The average Bonchev–Trinajstić information content (AvgIpc) is 3.31. The van der Waals surface area contributed by atoms with E-state index >= 15 is 0 Å². The van der Waals surface area contributed by atoms with Gasteiger partial charge in [-0.2, -0.15) is 10.2 Å². The van der Waals surface area contributed by atoms with Crippen LogP contribution in [0.25, 0.3) is 0 Å². The van der Waals surface area contributed by atoms with Crippen molar-refractivity contribution in [1.82, 2.24) is 19.6 Å². The summed E-state index contributed by atoms with van der Waals surface area (Å²) in [4.78, 5) is 0. The number of halogens is 3. The van der Waals surface area contributed by atoms with Crippen molar-refractivity contribution >= 4 is 68.0 Å². The van der Waals surface area contributed by atoms with Crippen LogP contribution in [0.15, 0.2) is 71.6 Å². The van der Waals surface area contributed by atoms with E-state index in [1.807, 2.05) is 47.4 Å². The maximum Gasteiger partial charge on any atom is 0.176 e. The minimum atomic E-state index is 0.416. The zero-order chi connectivity index (χ0) is 21.8. The summed E-state index contributed by atoms with van der Waals surface area (Å²) in [6.07, 6.45) is 5.50. The Labute approximate surface area is 203 Å². The highest BCUT2D eigenvalue weighted by molar-refractivity contribution is 9.10. The van der Waals surface area contributed by atoms with E-state index in [0.29, 0.717) is 34.1 Å². The van der Waals surface area contributed by atoms with Gasteiger partial charge in [-0.15, -0.1) is 0 Å². The number of thiocarbonyl (C=S) groups is 1. The van der Waals surface area contributed by atoms with Crippen LogP contribution in [0.4, 0.5) is 11.5 Å². The maximum absolute atomic E-state index is 6.09. The lowest BCUT2D eigenvalue weighted by atomic mass is 10.2. The second-order valence-corrected chi connectivity index (χ2v) is 8.84. The van der Waals surface area contributed by atoms with Crippen LogP contribution in [0.3, 0.4) is 0 Å². The molecule has 2 aromatic heterocycles. The van der Waals surface area contributed by atoms with E-state index in [9.17, 15) is 0 Å². The molecule has 0 saturated carbocycles. The topological polar surface area (TPSA) is 59.7 Å². The van der Waals surface area contributed by atoms with Gasteiger partial charge in [-0.25, -0.2) is 0 Å². The molecule has 0 fully saturated rings. The van der Waals surface area contributed by atoms with Gasteiger partial charge in [0.15, 0.2) is 10.9 Å². The van der Waals surface area contributed by atoms with E-state index in [4.69, 9.17) is 35.4 Å². The molecule has 10 heteroatoms. The van der Waals surface area contributed by atoms with Crippen LogP contribution >= 0.6 is 51.3 Å². The van der Waals surface area contributed by atoms with E-state index in [0.717, 1.165) is 15.7 Å². The van der Waals surface area contributed by atoms with Crippen LogP contribution in [-0.4, -0.2) is 24.7 Å². The minimum Gasteiger partial charge on any atom is -0.330 e. The number of benzene rings is 2. The number of nitrogens with one attached hydrogen (secondary N) is 2. The second-order valence-electron chi connectivity index (χ2n) is 6.76. The van der Waals surface area contributed by atoms with Crippen molar-refractivity contribution in [2.75, 3.05) is 10.6 Å². The molecule has 0 aliphatic heterocycles. The molecule has 2 aromatic carbocycles. The third kappa shape index (κ3) is 5.86. The van der Waals surface area contributed by atoms with Gasteiger partial charge in [-0.05, 0) is 51.4 Å². The second kappa shape index (κ2) is 9.82. The molecule has 158 valence electrons. The first kappa shape index (κ1) is 21.8. The van der Waals surface area contributed by atoms with Gasteiger partial charge in [0.1, 0.15) is 0 Å². The van der Waals surface area contributed by atoms with E-state index in [1.54, 1.807) is 16.9 Å². The predicted octanol–water partition coefficient (Wildman–Crippen LogP) is 6.05. The van der Waals surface area contributed by atoms with Crippen LogP contribution in [0.5, 0.6) is 0 Å². The standard InChI is InChI=1S/C21H17BrCl2N6S/c22-17-13-30(11-15-6-7-18(23)19(24)8-15)28-20(17)27-21(31)26-16-9-25-29(12-16)10-14-4-2-1-3-5-14/h1-9,12-13H,10-11H2,(H2,26,27,28,31). The molecule has 4 rings (SSSR count). The van der Waals surface area contributed by atoms with Gasteiger partial charge in [-0.1, -0.05) is 59.6 Å². The first-order chi connectivity index (χ1) is 15.0. The number of nitrogens with zero attached hydrogens (tertiary/aromatic N) is 4. The lowest BCUT2D eigenvalue weighted by Crippen LogP contribution is -2.19. The summed E-state index contributed by atoms with van der Waals surface area (Å²) in [5, 5.41) is 16.6. The highest BCUT2D eigenvalue weighted by Gasteiger charge is 2.10. The molecule has 0 aliphatic carbocycles. The van der Waals surface area contributed by atoms with Crippen molar-refractivity contribution in [2.45, 2.75) is 13.1 Å². The van der Waals surface area contributed by atoms with Crippen molar-refractivity contribution in [2.24, 2.45) is 0 Å². The molecule has 0 bridgehead atoms. The van der Waals surface area contributed by atoms with E-state index in [-0.39, 0.29) is 0 Å². The zero-order valence-electron chi connectivity index (χ0n) is 16.1. The van der Waals surface area contributed by atoms with Gasteiger partial charge in [-0.3, -0.25) is 9.36 Å². The molecule has 2 heterocycles. The lowest BCUT2D eigenvalue weighted by molar-refractivity contribution is 0.687. The fraction of sp³-hybridized carbons (Fsp3) is 0.0952. The van der Waals surface area contributed by atoms with Crippen LogP contribution in [0, 0.1) is 0 Å². The molecule has 4 aromatic rings. The van der Waals surface area contributed by atoms with Crippen LogP contribution in [-0.2, 0) is 13.1 Å². The first-order valence-electron chi connectivity index (χ1n) is 9.27. The lowest BCUT2D eigenvalue weighted by Gasteiger charge is -2.07. The third-order valence-electron chi connectivity index (χ3n) is 4.36. The molecule has 0 unspecified atom stereocenters. The number of hydrogen-bond acceptors (Lipinski definition) is 3. The van der Waals surface area contributed by atoms with Gasteiger partial charge < -0.3 is 10.6 Å². The molecule has 0 spiro atoms. The minimum absolute atomic E-state index is 0.416. The van der Waals surface area contributed by atoms with Crippen molar-refractivity contribution < 1.29 is 0 Å². The van der Waals surface area contributed by atoms with Crippen LogP contribution < -0.4 is 10.6 Å². The summed E-state index contributed by atoms with van der Waals surface area (Å²) in [5.41, 5.74) is 2.96. The Morgan fingerprint density at radius 3 is 2.48 bits per heavy atom. The summed E-state index contributed by atoms with van der Waals surface area (Å²) in [5.74, 6) is 0.606. The number of rotatable bonds is 6. The quantitative estimate of drug-likeness (QED) is 0.294. The Balaban J connectivity index is 1.36. The summed E-state index contributed by atoms with van der Waals surface area (Å²) < 4.78 is 4.42. The molecule has 2 N–H and O–H groups in total. The van der Waals surface area contributed by atoms with E-state index in [2.05, 4.69) is 48.9 Å². The molecule has 6 nitrogen and oxygen atoms in total. The Bertz CT molecular complexity index is 1210. The van der Waals surface area contributed by atoms with Gasteiger partial charge in [0.25, 0.3) is 0 Å². The Morgan fingerprint density at radius 2 is 1.71 bits per heavy atom. The van der Waals surface area contributed by atoms with Crippen molar-refractivity contribution in [3.63, 3.8) is 0 Å². The van der Waals surface area contributed by atoms with Crippen LogP contribution in [0.1, 0.15) is 11.1 Å². The number of aromatic nitrogens is 4. The Kier molecular flexibility index (Phi) is 6.92. The molecule has 31 heavy (non-hydrogen) atoms. The molecule has 0 radical (unpaired) electrons. The average molecular weight is 536 g/mol.